The molecule has 1 fully saturated rings. The maximum absolute atomic E-state index is 11.9. The highest BCUT2D eigenvalue weighted by Gasteiger charge is 2.42. The van der Waals surface area contributed by atoms with Crippen LogP contribution in [0.3, 0.4) is 0 Å². The van der Waals surface area contributed by atoms with Gasteiger partial charge < -0.3 is 19.5 Å². The number of morpholine rings is 1. The monoisotopic (exact) mass is 306 g/mol. The molecule has 2 aliphatic heterocycles. The Balaban J connectivity index is 1.79. The molecule has 1 aromatic rings. The molecule has 120 valence electrons. The third kappa shape index (κ3) is 3.03. The lowest BCUT2D eigenvalue weighted by Gasteiger charge is -2.33. The van der Waals surface area contributed by atoms with Crippen molar-refractivity contribution >= 4 is 11.8 Å². The molecule has 0 saturated carbocycles. The van der Waals surface area contributed by atoms with E-state index >= 15 is 0 Å². The summed E-state index contributed by atoms with van der Waals surface area (Å²) in [6.07, 6.45) is -0.465. The minimum absolute atomic E-state index is 0.320. The summed E-state index contributed by atoms with van der Waals surface area (Å²) in [5, 5.41) is 6.24. The van der Waals surface area contributed by atoms with E-state index < -0.39 is 11.7 Å². The summed E-state index contributed by atoms with van der Waals surface area (Å²) >= 11 is 0. The second kappa shape index (κ2) is 5.44. The van der Waals surface area contributed by atoms with E-state index in [1.54, 1.807) is 0 Å². The third-order valence-electron chi connectivity index (χ3n) is 3.67. The van der Waals surface area contributed by atoms with Crippen LogP contribution in [0.4, 0.5) is 10.5 Å². The highest BCUT2D eigenvalue weighted by atomic mass is 16.6. The molecule has 6 heteroatoms. The summed E-state index contributed by atoms with van der Waals surface area (Å²) < 4.78 is 16.6. The number of anilines is 1. The molecule has 2 aliphatic rings. The molecule has 22 heavy (non-hydrogen) atoms. The first-order chi connectivity index (χ1) is 10.4. The van der Waals surface area contributed by atoms with Crippen molar-refractivity contribution in [3.8, 4) is 5.75 Å². The predicted molar refractivity (Wildman–Crippen MR) is 82.3 cm³/mol. The summed E-state index contributed by atoms with van der Waals surface area (Å²) in [6, 6.07) is 5.60. The van der Waals surface area contributed by atoms with Crippen molar-refractivity contribution in [3.63, 3.8) is 0 Å². The van der Waals surface area contributed by atoms with Gasteiger partial charge in [0.05, 0.1) is 13.2 Å². The SMILES string of the molecule is CC(C)(C)OC(=O)Nc1ccc2c(c1)[C@@]1(COCCN1)CO2. The van der Waals surface area contributed by atoms with E-state index in [0.29, 0.717) is 25.5 Å². The van der Waals surface area contributed by atoms with Crippen molar-refractivity contribution in [2.24, 2.45) is 0 Å². The van der Waals surface area contributed by atoms with Gasteiger partial charge in [-0.1, -0.05) is 0 Å². The number of hydrogen-bond donors (Lipinski definition) is 2. The number of fused-ring (bicyclic) bond motifs is 2. The average molecular weight is 306 g/mol. The molecule has 0 radical (unpaired) electrons. The van der Waals surface area contributed by atoms with Crippen LogP contribution in [0.15, 0.2) is 18.2 Å². The van der Waals surface area contributed by atoms with Gasteiger partial charge in [0, 0.05) is 17.8 Å². The summed E-state index contributed by atoms with van der Waals surface area (Å²) in [5.74, 6) is 0.827. The maximum Gasteiger partial charge on any atom is 0.412 e. The van der Waals surface area contributed by atoms with Crippen LogP contribution in [0.5, 0.6) is 5.75 Å². The first-order valence-corrected chi connectivity index (χ1v) is 7.48. The second-order valence-electron chi connectivity index (χ2n) is 6.69. The largest absolute Gasteiger partial charge is 0.491 e. The fourth-order valence-electron chi connectivity index (χ4n) is 2.73. The Kier molecular flexibility index (Phi) is 3.74. The Hall–Kier alpha value is -1.79. The molecule has 2 heterocycles. The first kappa shape index (κ1) is 15.1. The average Bonchev–Trinajstić information content (AvgIpc) is 2.76. The lowest BCUT2D eigenvalue weighted by atomic mass is 9.91. The fraction of sp³-hybridized carbons (Fsp3) is 0.562. The summed E-state index contributed by atoms with van der Waals surface area (Å²) in [5.41, 5.74) is 0.856. The minimum atomic E-state index is -0.524. The molecule has 2 N–H and O–H groups in total. The van der Waals surface area contributed by atoms with Gasteiger partial charge in [-0.05, 0) is 39.0 Å². The van der Waals surface area contributed by atoms with Gasteiger partial charge in [0.2, 0.25) is 0 Å². The van der Waals surface area contributed by atoms with Gasteiger partial charge in [-0.2, -0.15) is 0 Å². The van der Waals surface area contributed by atoms with Crippen LogP contribution in [0.2, 0.25) is 0 Å². The Morgan fingerprint density at radius 1 is 1.36 bits per heavy atom. The lowest BCUT2D eigenvalue weighted by Crippen LogP contribution is -2.52. The predicted octanol–water partition coefficient (Wildman–Crippen LogP) is 2.24. The molecule has 1 saturated heterocycles. The first-order valence-electron chi connectivity index (χ1n) is 7.48. The van der Waals surface area contributed by atoms with Crippen LogP contribution in [0, 0.1) is 0 Å². The highest BCUT2D eigenvalue weighted by molar-refractivity contribution is 5.85. The normalized spacial score (nSPS) is 23.8. The number of carbonyl (C=O) groups excluding carboxylic acids is 1. The van der Waals surface area contributed by atoms with E-state index in [0.717, 1.165) is 17.9 Å². The number of rotatable bonds is 1. The van der Waals surface area contributed by atoms with Crippen LogP contribution in [-0.4, -0.2) is 38.1 Å². The van der Waals surface area contributed by atoms with E-state index in [1.165, 1.54) is 0 Å². The molecule has 1 atom stereocenters. The molecule has 1 spiro atoms. The van der Waals surface area contributed by atoms with Crippen LogP contribution in [0.25, 0.3) is 0 Å². The Bertz CT molecular complexity index is 568. The molecule has 0 aliphatic carbocycles. The quantitative estimate of drug-likeness (QED) is 0.833. The summed E-state index contributed by atoms with van der Waals surface area (Å²) in [6.45, 7) is 8.09. The number of benzene rings is 1. The number of carbonyl (C=O) groups is 1. The van der Waals surface area contributed by atoms with Crippen LogP contribution < -0.4 is 15.4 Å². The van der Waals surface area contributed by atoms with Gasteiger partial charge in [0.1, 0.15) is 23.5 Å². The molecule has 1 amide bonds. The summed E-state index contributed by atoms with van der Waals surface area (Å²) in [7, 11) is 0. The van der Waals surface area contributed by atoms with Crippen molar-refractivity contribution in [3.05, 3.63) is 23.8 Å². The number of hydrogen-bond acceptors (Lipinski definition) is 5. The lowest BCUT2D eigenvalue weighted by molar-refractivity contribution is 0.0160. The Morgan fingerprint density at radius 2 is 2.18 bits per heavy atom. The highest BCUT2D eigenvalue weighted by Crippen LogP contribution is 2.39. The molecule has 1 aromatic carbocycles. The van der Waals surface area contributed by atoms with Gasteiger partial charge in [0.15, 0.2) is 0 Å². The molecule has 0 aromatic heterocycles. The van der Waals surface area contributed by atoms with Crippen molar-refractivity contribution < 1.29 is 19.0 Å². The number of ether oxygens (including phenoxy) is 3. The van der Waals surface area contributed by atoms with Crippen molar-refractivity contribution in [2.45, 2.75) is 31.9 Å². The van der Waals surface area contributed by atoms with Gasteiger partial charge in [-0.3, -0.25) is 5.32 Å². The van der Waals surface area contributed by atoms with E-state index in [-0.39, 0.29) is 5.54 Å². The molecule has 0 bridgehead atoms. The van der Waals surface area contributed by atoms with Crippen molar-refractivity contribution in [1.82, 2.24) is 5.32 Å². The Labute approximate surface area is 130 Å². The van der Waals surface area contributed by atoms with Gasteiger partial charge in [-0.25, -0.2) is 4.79 Å². The van der Waals surface area contributed by atoms with Crippen LogP contribution >= 0.6 is 0 Å². The van der Waals surface area contributed by atoms with Gasteiger partial charge >= 0.3 is 6.09 Å². The van der Waals surface area contributed by atoms with Crippen LogP contribution in [-0.2, 0) is 15.0 Å². The van der Waals surface area contributed by atoms with E-state index in [1.807, 2.05) is 39.0 Å². The third-order valence-corrected chi connectivity index (χ3v) is 3.67. The minimum Gasteiger partial charge on any atom is -0.491 e. The standard InChI is InChI=1S/C16H22N2O4/c1-15(2,3)22-14(19)18-11-4-5-13-12(8-11)16(10-21-13)9-20-7-6-17-16/h4-5,8,17H,6-7,9-10H2,1-3H3,(H,18,19)/t16-/m1/s1. The topological polar surface area (TPSA) is 68.8 Å². The van der Waals surface area contributed by atoms with Gasteiger partial charge in [0.25, 0.3) is 0 Å². The summed E-state index contributed by atoms with van der Waals surface area (Å²) in [4.78, 5) is 11.9. The molecule has 6 nitrogen and oxygen atoms in total. The van der Waals surface area contributed by atoms with Crippen LogP contribution in [0.1, 0.15) is 26.3 Å². The van der Waals surface area contributed by atoms with Gasteiger partial charge in [-0.15, -0.1) is 0 Å². The smallest absolute Gasteiger partial charge is 0.412 e. The number of amides is 1. The maximum atomic E-state index is 11.9. The molecule has 3 rings (SSSR count). The zero-order valence-corrected chi connectivity index (χ0v) is 13.2. The number of nitrogens with one attached hydrogen (secondary N) is 2. The zero-order chi connectivity index (χ0) is 15.8. The fourth-order valence-corrected chi connectivity index (χ4v) is 2.73. The zero-order valence-electron chi connectivity index (χ0n) is 13.2. The van der Waals surface area contributed by atoms with E-state index in [9.17, 15) is 4.79 Å². The molecular weight excluding hydrogens is 284 g/mol. The van der Waals surface area contributed by atoms with Crippen molar-refractivity contribution in [1.29, 1.82) is 0 Å². The van der Waals surface area contributed by atoms with E-state index in [2.05, 4.69) is 10.6 Å². The Morgan fingerprint density at radius 3 is 2.86 bits per heavy atom. The van der Waals surface area contributed by atoms with Crippen molar-refractivity contribution in [2.75, 3.05) is 31.7 Å². The second-order valence-corrected chi connectivity index (χ2v) is 6.69. The van der Waals surface area contributed by atoms with E-state index in [4.69, 9.17) is 14.2 Å². The molecule has 0 unspecified atom stereocenters. The molecular formula is C16H22N2O4.